The van der Waals surface area contributed by atoms with Crippen molar-refractivity contribution in [2.45, 2.75) is 12.8 Å². The number of esters is 1. The van der Waals surface area contributed by atoms with Crippen LogP contribution in [0.15, 0.2) is 41.4 Å². The van der Waals surface area contributed by atoms with Crippen molar-refractivity contribution in [3.8, 4) is 11.5 Å². The number of para-hydroxylation sites is 1. The number of aliphatic carboxylic acids is 1. The van der Waals surface area contributed by atoms with Crippen LogP contribution in [0.25, 0.3) is 0 Å². The molecule has 0 saturated carbocycles. The predicted octanol–water partition coefficient (Wildman–Crippen LogP) is 0.950. The van der Waals surface area contributed by atoms with Gasteiger partial charge in [-0.2, -0.15) is 0 Å². The Morgan fingerprint density at radius 3 is 2.73 bits per heavy atom. The van der Waals surface area contributed by atoms with Gasteiger partial charge in [0.2, 0.25) is 0 Å². The van der Waals surface area contributed by atoms with E-state index in [-0.39, 0.29) is 29.6 Å². The highest BCUT2D eigenvalue weighted by molar-refractivity contribution is 6.00. The number of nitrogens with two attached hydrogens (primary N) is 2. The van der Waals surface area contributed by atoms with Gasteiger partial charge < -0.3 is 31.4 Å². The van der Waals surface area contributed by atoms with Crippen molar-refractivity contribution in [2.24, 2.45) is 16.5 Å². The van der Waals surface area contributed by atoms with Gasteiger partial charge in [-0.3, -0.25) is 9.59 Å². The molecule has 1 aliphatic rings. The highest BCUT2D eigenvalue weighted by Gasteiger charge is 2.23. The van der Waals surface area contributed by atoms with Crippen molar-refractivity contribution < 1.29 is 29.0 Å². The van der Waals surface area contributed by atoms with Crippen LogP contribution in [-0.4, -0.2) is 42.1 Å². The number of ether oxygens (including phenoxy) is 2. The summed E-state index contributed by atoms with van der Waals surface area (Å²) in [5.41, 5.74) is 12.5. The van der Waals surface area contributed by atoms with Gasteiger partial charge in [-0.1, -0.05) is 6.07 Å². The third-order valence-corrected chi connectivity index (χ3v) is 4.23. The first-order valence-corrected chi connectivity index (χ1v) is 9.05. The molecule has 3 rings (SSSR count). The largest absolute Gasteiger partial charge is 0.489 e. The number of carboxylic acids is 1. The van der Waals surface area contributed by atoms with E-state index in [0.717, 1.165) is 0 Å². The van der Waals surface area contributed by atoms with Gasteiger partial charge in [-0.15, -0.1) is 0 Å². The smallest absolute Gasteiger partial charge is 0.343 e. The zero-order chi connectivity index (χ0) is 21.7. The normalized spacial score (nSPS) is 13.0. The number of amides is 1. The molecule has 2 aromatic rings. The summed E-state index contributed by atoms with van der Waals surface area (Å²) in [6.07, 6.45) is 1.02. The van der Waals surface area contributed by atoms with E-state index in [1.165, 1.54) is 18.2 Å². The third-order valence-electron chi connectivity index (χ3n) is 4.23. The molecule has 30 heavy (non-hydrogen) atoms. The van der Waals surface area contributed by atoms with E-state index in [9.17, 15) is 14.4 Å². The predicted molar refractivity (Wildman–Crippen MR) is 107 cm³/mol. The monoisotopic (exact) mass is 412 g/mol. The quantitative estimate of drug-likeness (QED) is 0.249. The Morgan fingerprint density at radius 2 is 2.00 bits per heavy atom. The summed E-state index contributed by atoms with van der Waals surface area (Å²) in [5, 5.41) is 11.0. The molecule has 1 amide bonds. The topological polar surface area (TPSA) is 166 Å². The molecule has 0 unspecified atom stereocenters. The fourth-order valence-electron chi connectivity index (χ4n) is 2.97. The standard InChI is InChI=1S/C20H20N4O6/c21-20(22)24-12-6-7-13-11(9-12)3-2-8-29-17-14(18(27)23-10-16(25)26)4-1-5-15(17)30-19(13)28/h1,4-7,9H,2-3,8,10H2,(H,23,27)(H,25,26)(H4,21,22,24). The molecule has 0 spiro atoms. The maximum absolute atomic E-state index is 12.8. The molecule has 0 saturated heterocycles. The second-order valence-electron chi connectivity index (χ2n) is 6.43. The minimum absolute atomic E-state index is 0.0594. The number of hydrogen-bond acceptors (Lipinski definition) is 6. The molecule has 1 heterocycles. The first-order valence-electron chi connectivity index (χ1n) is 9.05. The van der Waals surface area contributed by atoms with Crippen LogP contribution >= 0.6 is 0 Å². The van der Waals surface area contributed by atoms with Gasteiger partial charge in [-0.05, 0) is 48.7 Å². The molecule has 2 aromatic carbocycles. The van der Waals surface area contributed by atoms with Crippen molar-refractivity contribution in [3.05, 3.63) is 53.1 Å². The van der Waals surface area contributed by atoms with Crippen LogP contribution in [0.1, 0.15) is 32.7 Å². The first kappa shape index (κ1) is 20.6. The zero-order valence-corrected chi connectivity index (χ0v) is 15.9. The molecule has 0 aliphatic carbocycles. The van der Waals surface area contributed by atoms with E-state index in [1.807, 2.05) is 0 Å². The number of guanidine groups is 1. The van der Waals surface area contributed by atoms with E-state index >= 15 is 0 Å². The van der Waals surface area contributed by atoms with Gasteiger partial charge in [-0.25, -0.2) is 9.79 Å². The maximum atomic E-state index is 12.8. The summed E-state index contributed by atoms with van der Waals surface area (Å²) in [7, 11) is 0. The van der Waals surface area contributed by atoms with E-state index in [0.29, 0.717) is 29.7 Å². The van der Waals surface area contributed by atoms with Crippen LogP contribution in [0.4, 0.5) is 5.69 Å². The number of carboxylic acid groups (broad SMARTS) is 1. The van der Waals surface area contributed by atoms with Gasteiger partial charge in [0.1, 0.15) is 6.54 Å². The van der Waals surface area contributed by atoms with Gasteiger partial charge in [0.25, 0.3) is 5.91 Å². The summed E-state index contributed by atoms with van der Waals surface area (Å²) in [4.78, 5) is 39.8. The van der Waals surface area contributed by atoms with E-state index in [4.69, 9.17) is 26.0 Å². The average molecular weight is 412 g/mol. The lowest BCUT2D eigenvalue weighted by atomic mass is 10.0. The number of nitrogens with one attached hydrogen (secondary N) is 1. The van der Waals surface area contributed by atoms with Crippen molar-refractivity contribution in [2.75, 3.05) is 13.2 Å². The van der Waals surface area contributed by atoms with E-state index in [2.05, 4.69) is 10.3 Å². The highest BCUT2D eigenvalue weighted by Crippen LogP contribution is 2.33. The van der Waals surface area contributed by atoms with Crippen LogP contribution in [0.2, 0.25) is 0 Å². The van der Waals surface area contributed by atoms with Crippen LogP contribution in [0, 0.1) is 0 Å². The molecule has 0 bridgehead atoms. The van der Waals surface area contributed by atoms with Crippen molar-refractivity contribution in [3.63, 3.8) is 0 Å². The van der Waals surface area contributed by atoms with Crippen molar-refractivity contribution in [1.82, 2.24) is 5.32 Å². The molecule has 0 radical (unpaired) electrons. The number of hydrogen-bond donors (Lipinski definition) is 4. The maximum Gasteiger partial charge on any atom is 0.343 e. The molecule has 0 atom stereocenters. The lowest BCUT2D eigenvalue weighted by molar-refractivity contribution is -0.135. The number of aliphatic imine (C=N–C) groups is 1. The summed E-state index contributed by atoms with van der Waals surface area (Å²) < 4.78 is 11.2. The Labute approximate surface area is 171 Å². The van der Waals surface area contributed by atoms with E-state index < -0.39 is 24.4 Å². The molecule has 6 N–H and O–H groups in total. The summed E-state index contributed by atoms with van der Waals surface area (Å²) in [5.74, 6) is -2.41. The van der Waals surface area contributed by atoms with E-state index in [1.54, 1.807) is 18.2 Å². The number of carbonyl (C=O) groups excluding carboxylic acids is 2. The van der Waals surface area contributed by atoms with Crippen LogP contribution in [-0.2, 0) is 11.2 Å². The Bertz CT molecular complexity index is 1030. The molecule has 0 aromatic heterocycles. The Kier molecular flexibility index (Phi) is 6.16. The zero-order valence-electron chi connectivity index (χ0n) is 15.9. The number of fused-ring (bicyclic) bond motifs is 2. The fraction of sp³-hybridized carbons (Fsp3) is 0.200. The molecule has 0 fully saturated rings. The Morgan fingerprint density at radius 1 is 1.20 bits per heavy atom. The van der Waals surface area contributed by atoms with Gasteiger partial charge in [0.05, 0.1) is 23.4 Å². The lowest BCUT2D eigenvalue weighted by Gasteiger charge is -2.18. The Balaban J connectivity index is 1.94. The Hall–Kier alpha value is -4.08. The average Bonchev–Trinajstić information content (AvgIpc) is 2.69. The summed E-state index contributed by atoms with van der Waals surface area (Å²) in [6.45, 7) is -0.312. The molecule has 156 valence electrons. The van der Waals surface area contributed by atoms with Gasteiger partial charge in [0, 0.05) is 0 Å². The number of benzene rings is 2. The van der Waals surface area contributed by atoms with Gasteiger partial charge >= 0.3 is 11.9 Å². The summed E-state index contributed by atoms with van der Waals surface area (Å²) >= 11 is 0. The number of nitrogens with zero attached hydrogens (tertiary/aromatic N) is 1. The fourth-order valence-corrected chi connectivity index (χ4v) is 2.97. The van der Waals surface area contributed by atoms with Crippen LogP contribution in [0.3, 0.4) is 0 Å². The molecular formula is C20H20N4O6. The molecule has 1 aliphatic heterocycles. The minimum atomic E-state index is -1.18. The second-order valence-corrected chi connectivity index (χ2v) is 6.43. The summed E-state index contributed by atoms with van der Waals surface area (Å²) in [6, 6.07) is 9.35. The minimum Gasteiger partial charge on any atom is -0.489 e. The van der Waals surface area contributed by atoms with Crippen LogP contribution in [0.5, 0.6) is 11.5 Å². The lowest BCUT2D eigenvalue weighted by Crippen LogP contribution is -2.29. The second kappa shape index (κ2) is 8.95. The molecule has 10 heteroatoms. The third kappa shape index (κ3) is 4.85. The van der Waals surface area contributed by atoms with Crippen LogP contribution < -0.4 is 26.3 Å². The highest BCUT2D eigenvalue weighted by atomic mass is 16.6. The number of rotatable bonds is 4. The van der Waals surface area contributed by atoms with Crippen molar-refractivity contribution >= 4 is 29.5 Å². The molecule has 10 nitrogen and oxygen atoms in total. The SMILES string of the molecule is NC(N)=Nc1ccc2c(c1)CCCOc1c(cccc1C(=O)NCC(=O)O)OC2=O. The molecular weight excluding hydrogens is 392 g/mol. The number of aryl methyl sites for hydroxylation is 1. The van der Waals surface area contributed by atoms with Gasteiger partial charge in [0.15, 0.2) is 17.5 Å². The first-order chi connectivity index (χ1) is 14.3. The van der Waals surface area contributed by atoms with Crippen molar-refractivity contribution in [1.29, 1.82) is 0 Å². The number of carbonyl (C=O) groups is 3.